The van der Waals surface area contributed by atoms with Crippen molar-refractivity contribution in [2.45, 2.75) is 38.0 Å². The Kier molecular flexibility index (Phi) is 5.91. The number of rotatable bonds is 4. The lowest BCUT2D eigenvalue weighted by Crippen LogP contribution is -2.32. The Bertz CT molecular complexity index is 822. The average Bonchev–Trinajstić information content (AvgIpc) is 2.46. The molecule has 0 bridgehead atoms. The van der Waals surface area contributed by atoms with Gasteiger partial charge in [0.1, 0.15) is 0 Å². The zero-order chi connectivity index (χ0) is 16.4. The first kappa shape index (κ1) is 18.8. The lowest BCUT2D eigenvalue weighted by atomic mass is 9.88. The van der Waals surface area contributed by atoms with Crippen molar-refractivity contribution < 1.29 is 8.42 Å². The number of nitrogens with two attached hydrogens (primary N) is 1. The number of benzene rings is 2. The van der Waals surface area contributed by atoms with Crippen LogP contribution in [0.25, 0.3) is 0 Å². The van der Waals surface area contributed by atoms with Gasteiger partial charge >= 0.3 is 0 Å². The highest BCUT2D eigenvalue weighted by atomic mass is 35.5. The Labute approximate surface area is 149 Å². The lowest BCUT2D eigenvalue weighted by Gasteiger charge is -2.26. The molecule has 0 radical (unpaired) electrons. The zero-order valence-corrected chi connectivity index (χ0v) is 15.3. The normalized spacial score (nSPS) is 17.0. The first-order valence-corrected chi connectivity index (χ1v) is 9.52. The van der Waals surface area contributed by atoms with E-state index in [0.717, 1.165) is 47.2 Å². The minimum atomic E-state index is -3.39. The van der Waals surface area contributed by atoms with Gasteiger partial charge in [0, 0.05) is 11.7 Å². The lowest BCUT2D eigenvalue weighted by molar-refractivity contribution is 0.507. The Morgan fingerprint density at radius 3 is 2.75 bits per heavy atom. The van der Waals surface area contributed by atoms with Crippen molar-refractivity contribution in [1.29, 1.82) is 0 Å². The topological polar surface area (TPSA) is 72.2 Å². The van der Waals surface area contributed by atoms with E-state index in [1.54, 1.807) is 0 Å². The summed E-state index contributed by atoms with van der Waals surface area (Å²) in [4.78, 5) is 0. The van der Waals surface area contributed by atoms with Crippen LogP contribution in [-0.2, 0) is 22.2 Å². The quantitative estimate of drug-likeness (QED) is 0.813. The average molecular weight is 367 g/mol. The van der Waals surface area contributed by atoms with E-state index in [9.17, 15) is 8.42 Å². The molecule has 0 saturated heterocycles. The molecule has 1 aliphatic rings. The van der Waals surface area contributed by atoms with Crippen LogP contribution in [0.1, 0.15) is 41.1 Å². The van der Waals surface area contributed by atoms with Gasteiger partial charge in [-0.1, -0.05) is 35.9 Å². The summed E-state index contributed by atoms with van der Waals surface area (Å²) in [7, 11) is -3.39. The van der Waals surface area contributed by atoms with Gasteiger partial charge < -0.3 is 5.73 Å². The van der Waals surface area contributed by atoms with Crippen LogP contribution in [0.4, 0.5) is 5.69 Å². The number of halogens is 1. The molecule has 0 amide bonds. The van der Waals surface area contributed by atoms with Crippen molar-refractivity contribution in [3.8, 4) is 0 Å². The molecule has 3 rings (SSSR count). The molecule has 0 heterocycles. The summed E-state index contributed by atoms with van der Waals surface area (Å²) in [6, 6.07) is 13.2. The maximum Gasteiger partial charge on any atom is 0.216 e. The summed E-state index contributed by atoms with van der Waals surface area (Å²) in [6.45, 7) is 1.96. The van der Waals surface area contributed by atoms with E-state index in [1.165, 1.54) is 0 Å². The van der Waals surface area contributed by atoms with E-state index >= 15 is 0 Å². The Balaban J connectivity index is 0.00000208. The third-order valence-electron chi connectivity index (χ3n) is 4.24. The molecule has 24 heavy (non-hydrogen) atoms. The molecule has 0 aliphatic heterocycles. The van der Waals surface area contributed by atoms with Crippen molar-refractivity contribution >= 4 is 28.1 Å². The van der Waals surface area contributed by atoms with Gasteiger partial charge in [-0.05, 0) is 55.0 Å². The Morgan fingerprint density at radius 2 is 2.00 bits per heavy atom. The third-order valence-corrected chi connectivity index (χ3v) is 5.60. The van der Waals surface area contributed by atoms with Gasteiger partial charge in [0.05, 0.1) is 5.75 Å². The maximum atomic E-state index is 12.5. The standard InChI is InChI=1S/C18H22N2O2S.ClH/c1-13-4-2-5-14(10-13)12-23(21,22)20-18-7-3-6-15-11-16(19)8-9-17(15)18;/h2,4-5,8-11,18,20H,3,6-7,12,19H2,1H3;1H. The second-order valence-corrected chi connectivity index (χ2v) is 8.02. The molecular weight excluding hydrogens is 344 g/mol. The fraction of sp³-hybridized carbons (Fsp3) is 0.333. The predicted molar refractivity (Wildman–Crippen MR) is 101 cm³/mol. The smallest absolute Gasteiger partial charge is 0.216 e. The molecule has 6 heteroatoms. The van der Waals surface area contributed by atoms with Crippen LogP contribution < -0.4 is 10.5 Å². The fourth-order valence-corrected chi connectivity index (χ4v) is 4.62. The summed E-state index contributed by atoms with van der Waals surface area (Å²) in [5, 5.41) is 0. The molecule has 4 nitrogen and oxygen atoms in total. The van der Waals surface area contributed by atoms with Crippen LogP contribution in [0.2, 0.25) is 0 Å². The number of fused-ring (bicyclic) bond motifs is 1. The SMILES string of the molecule is Cc1cccc(CS(=O)(=O)NC2CCCc3cc(N)ccc32)c1.Cl. The molecule has 0 saturated carbocycles. The molecule has 0 spiro atoms. The van der Waals surface area contributed by atoms with E-state index in [-0.39, 0.29) is 24.2 Å². The summed E-state index contributed by atoms with van der Waals surface area (Å²) >= 11 is 0. The molecule has 2 aromatic carbocycles. The number of sulfonamides is 1. The summed E-state index contributed by atoms with van der Waals surface area (Å²) in [5.74, 6) is 0.00941. The van der Waals surface area contributed by atoms with Gasteiger partial charge in [-0.2, -0.15) is 0 Å². The highest BCUT2D eigenvalue weighted by molar-refractivity contribution is 7.88. The molecule has 0 aromatic heterocycles. The van der Waals surface area contributed by atoms with Crippen LogP contribution in [-0.4, -0.2) is 8.42 Å². The maximum absolute atomic E-state index is 12.5. The highest BCUT2D eigenvalue weighted by Crippen LogP contribution is 2.31. The van der Waals surface area contributed by atoms with Crippen molar-refractivity contribution in [3.63, 3.8) is 0 Å². The molecule has 2 aromatic rings. The first-order chi connectivity index (χ1) is 10.9. The first-order valence-electron chi connectivity index (χ1n) is 7.87. The van der Waals surface area contributed by atoms with Crippen molar-refractivity contribution in [2.24, 2.45) is 0 Å². The molecule has 1 aliphatic carbocycles. The minimum Gasteiger partial charge on any atom is -0.399 e. The number of hydrogen-bond donors (Lipinski definition) is 2. The van der Waals surface area contributed by atoms with E-state index < -0.39 is 10.0 Å². The van der Waals surface area contributed by atoms with E-state index in [0.29, 0.717) is 0 Å². The van der Waals surface area contributed by atoms with E-state index in [4.69, 9.17) is 5.73 Å². The molecule has 1 atom stereocenters. The molecule has 3 N–H and O–H groups in total. The molecule has 0 fully saturated rings. The van der Waals surface area contributed by atoms with Crippen LogP contribution in [0.15, 0.2) is 42.5 Å². The van der Waals surface area contributed by atoms with Crippen molar-refractivity contribution in [1.82, 2.24) is 4.72 Å². The Morgan fingerprint density at radius 1 is 1.21 bits per heavy atom. The summed E-state index contributed by atoms with van der Waals surface area (Å²) < 4.78 is 27.9. The zero-order valence-electron chi connectivity index (χ0n) is 13.7. The second-order valence-electron chi connectivity index (χ2n) is 6.27. The van der Waals surface area contributed by atoms with Crippen LogP contribution in [0.3, 0.4) is 0 Å². The number of anilines is 1. The number of hydrogen-bond acceptors (Lipinski definition) is 3. The van der Waals surface area contributed by atoms with Gasteiger partial charge in [0.25, 0.3) is 0 Å². The van der Waals surface area contributed by atoms with Gasteiger partial charge in [0.2, 0.25) is 10.0 Å². The van der Waals surface area contributed by atoms with E-state index in [1.807, 2.05) is 49.4 Å². The number of aryl methyl sites for hydroxylation is 2. The van der Waals surface area contributed by atoms with Gasteiger partial charge in [-0.25, -0.2) is 13.1 Å². The van der Waals surface area contributed by atoms with Gasteiger partial charge in [0.15, 0.2) is 0 Å². The summed E-state index contributed by atoms with van der Waals surface area (Å²) in [6.07, 6.45) is 2.74. The predicted octanol–water partition coefficient (Wildman–Crippen LogP) is 3.50. The van der Waals surface area contributed by atoms with Gasteiger partial charge in [-0.3, -0.25) is 0 Å². The van der Waals surface area contributed by atoms with Crippen LogP contribution in [0, 0.1) is 6.92 Å². The monoisotopic (exact) mass is 366 g/mol. The second kappa shape index (κ2) is 7.55. The van der Waals surface area contributed by atoms with Crippen LogP contribution >= 0.6 is 12.4 Å². The molecular formula is C18H23ClN2O2S. The Hall–Kier alpha value is -1.56. The highest BCUT2D eigenvalue weighted by Gasteiger charge is 2.25. The van der Waals surface area contributed by atoms with Crippen molar-refractivity contribution in [2.75, 3.05) is 5.73 Å². The minimum absolute atomic E-state index is 0. The molecule has 1 unspecified atom stereocenters. The van der Waals surface area contributed by atoms with Crippen LogP contribution in [0.5, 0.6) is 0 Å². The van der Waals surface area contributed by atoms with Gasteiger partial charge in [-0.15, -0.1) is 12.4 Å². The number of nitrogens with one attached hydrogen (secondary N) is 1. The fourth-order valence-electron chi connectivity index (χ4n) is 3.24. The third kappa shape index (κ3) is 4.50. The summed E-state index contributed by atoms with van der Waals surface area (Å²) in [5.41, 5.74) is 10.6. The largest absolute Gasteiger partial charge is 0.399 e. The van der Waals surface area contributed by atoms with Crippen molar-refractivity contribution in [3.05, 3.63) is 64.7 Å². The molecule has 130 valence electrons. The van der Waals surface area contributed by atoms with E-state index in [2.05, 4.69) is 4.72 Å². The number of nitrogen functional groups attached to an aromatic ring is 1.